The van der Waals surface area contributed by atoms with Crippen LogP contribution in [0.3, 0.4) is 0 Å². The summed E-state index contributed by atoms with van der Waals surface area (Å²) < 4.78 is 0. The lowest BCUT2D eigenvalue weighted by Gasteiger charge is -2.26. The maximum atomic E-state index is 13.7. The van der Waals surface area contributed by atoms with Crippen LogP contribution in [0.1, 0.15) is 58.3 Å². The Labute approximate surface area is 249 Å². The SMILES string of the molecule is C=C1CC2=C3C=CC1CC1=C(C)CC4=C(CC5C(=O)C(=O)C6=C(C=C7CC(=C2)C(C3)C(=O)C(=O)C7C6)CC5=C4)C(=O)C1=O. The van der Waals surface area contributed by atoms with Gasteiger partial charge in [-0.15, -0.1) is 0 Å². The van der Waals surface area contributed by atoms with Crippen LogP contribution in [0, 0.1) is 23.7 Å². The van der Waals surface area contributed by atoms with Crippen molar-refractivity contribution in [3.8, 4) is 0 Å². The van der Waals surface area contributed by atoms with Crippen LogP contribution in [0.5, 0.6) is 0 Å². The molecule has 6 heteroatoms. The molecule has 0 amide bonds. The van der Waals surface area contributed by atoms with E-state index in [0.29, 0.717) is 55.2 Å². The molecule has 1 fully saturated rings. The Morgan fingerprint density at radius 2 is 1.12 bits per heavy atom. The van der Waals surface area contributed by atoms with Crippen LogP contribution in [0.4, 0.5) is 0 Å². The quantitative estimate of drug-likeness (QED) is 0.293. The molecule has 0 saturated heterocycles. The molecule has 0 aromatic rings. The molecular weight excluding hydrogens is 540 g/mol. The molecule has 214 valence electrons. The van der Waals surface area contributed by atoms with Gasteiger partial charge in [0.15, 0.2) is 0 Å². The fraction of sp³-hybridized carbons (Fsp3) is 0.351. The Hall–Kier alpha value is -4.32. The number of fused-ring (bicyclic) bond motifs is 3. The van der Waals surface area contributed by atoms with Crippen LogP contribution in [0.25, 0.3) is 0 Å². The van der Waals surface area contributed by atoms with Crippen molar-refractivity contribution >= 4 is 34.7 Å². The predicted octanol–water partition coefficient (Wildman–Crippen LogP) is 5.19. The zero-order valence-corrected chi connectivity index (χ0v) is 24.0. The molecule has 6 nitrogen and oxygen atoms in total. The van der Waals surface area contributed by atoms with Gasteiger partial charge in [0.1, 0.15) is 0 Å². The molecule has 4 unspecified atom stereocenters. The average molecular weight is 571 g/mol. The van der Waals surface area contributed by atoms with E-state index in [9.17, 15) is 28.8 Å². The fourth-order valence-corrected chi connectivity index (χ4v) is 8.50. The van der Waals surface area contributed by atoms with Crippen LogP contribution in [0.15, 0.2) is 104 Å². The highest BCUT2D eigenvalue weighted by atomic mass is 16.2. The molecular formula is C37H30O6. The minimum Gasteiger partial charge on any atom is -0.290 e. The number of allylic oxidation sites excluding steroid dienone is 17. The fourth-order valence-electron chi connectivity index (χ4n) is 8.50. The lowest BCUT2D eigenvalue weighted by atomic mass is 9.77. The summed E-state index contributed by atoms with van der Waals surface area (Å²) in [6.45, 7) is 6.29. The van der Waals surface area contributed by atoms with E-state index in [0.717, 1.165) is 50.2 Å². The molecule has 0 N–H and O–H groups in total. The van der Waals surface area contributed by atoms with E-state index < -0.39 is 52.5 Å². The smallest absolute Gasteiger partial charge is 0.229 e. The van der Waals surface area contributed by atoms with Crippen molar-refractivity contribution in [1.29, 1.82) is 0 Å². The van der Waals surface area contributed by atoms with E-state index in [1.54, 1.807) is 0 Å². The molecule has 8 aliphatic carbocycles. The van der Waals surface area contributed by atoms with Crippen molar-refractivity contribution in [2.45, 2.75) is 58.3 Å². The molecule has 4 atom stereocenters. The summed E-state index contributed by atoms with van der Waals surface area (Å²) in [5.74, 6) is -5.63. The molecule has 0 aromatic heterocycles. The highest BCUT2D eigenvalue weighted by Gasteiger charge is 2.47. The van der Waals surface area contributed by atoms with Gasteiger partial charge in [0, 0.05) is 22.6 Å². The Kier molecular flexibility index (Phi) is 5.56. The number of carbonyl (C=O) groups is 6. The van der Waals surface area contributed by atoms with Gasteiger partial charge in [0.05, 0.1) is 17.8 Å². The molecule has 8 aliphatic rings. The Morgan fingerprint density at radius 1 is 0.558 bits per heavy atom. The van der Waals surface area contributed by atoms with Gasteiger partial charge in [-0.05, 0) is 80.6 Å². The first-order valence-electron chi connectivity index (χ1n) is 15.2. The van der Waals surface area contributed by atoms with Gasteiger partial charge >= 0.3 is 0 Å². The van der Waals surface area contributed by atoms with E-state index in [-0.39, 0.29) is 18.8 Å². The maximum Gasteiger partial charge on any atom is 0.229 e. The summed E-state index contributed by atoms with van der Waals surface area (Å²) in [4.78, 5) is 82.3. The number of Topliss-reactive ketones (excluding diaryl/α,β-unsaturated/α-hetero) is 6. The number of ketones is 6. The van der Waals surface area contributed by atoms with E-state index in [2.05, 4.69) is 12.7 Å². The van der Waals surface area contributed by atoms with Gasteiger partial charge in [-0.25, -0.2) is 0 Å². The summed E-state index contributed by atoms with van der Waals surface area (Å²) in [6, 6.07) is 0. The first-order chi connectivity index (χ1) is 20.6. The van der Waals surface area contributed by atoms with Crippen LogP contribution in [-0.4, -0.2) is 34.7 Å². The number of hydrogen-bond donors (Lipinski definition) is 0. The largest absolute Gasteiger partial charge is 0.290 e. The monoisotopic (exact) mass is 570 g/mol. The van der Waals surface area contributed by atoms with Crippen LogP contribution in [0.2, 0.25) is 0 Å². The van der Waals surface area contributed by atoms with Crippen LogP contribution in [-0.2, 0) is 28.8 Å². The molecule has 0 aliphatic heterocycles. The Morgan fingerprint density at radius 3 is 1.84 bits per heavy atom. The first kappa shape index (κ1) is 26.3. The van der Waals surface area contributed by atoms with Gasteiger partial charge in [-0.1, -0.05) is 64.8 Å². The summed E-state index contributed by atoms with van der Waals surface area (Å²) >= 11 is 0. The zero-order chi connectivity index (χ0) is 29.9. The molecule has 43 heavy (non-hydrogen) atoms. The van der Waals surface area contributed by atoms with Crippen molar-refractivity contribution < 1.29 is 28.8 Å². The topological polar surface area (TPSA) is 102 Å². The zero-order valence-electron chi connectivity index (χ0n) is 24.0. The molecule has 8 bridgehead atoms. The lowest BCUT2D eigenvalue weighted by Crippen LogP contribution is -2.33. The third kappa shape index (κ3) is 3.78. The number of rotatable bonds is 0. The molecule has 1 saturated carbocycles. The van der Waals surface area contributed by atoms with Crippen molar-refractivity contribution in [3.63, 3.8) is 0 Å². The van der Waals surface area contributed by atoms with E-state index >= 15 is 0 Å². The molecule has 0 spiro atoms. The standard InChI is InChI=1S/C37H30O6/c1-16-5-20-7-22-9-24-11-25-10-23-8-21-6-17(2)26-12-18(16)3-4-19(20)13-27(22)33(39)35(41)30(24)15-31(25)37(43)36(42)29(23)14-28(21)34(40)32(26)38/h3-4,7-8,11,18,27,29-30H,1,5-6,9-10,12-15H2,2H3. The molecule has 0 aromatic carbocycles. The van der Waals surface area contributed by atoms with Gasteiger partial charge in [0.2, 0.25) is 34.7 Å². The predicted molar refractivity (Wildman–Crippen MR) is 157 cm³/mol. The van der Waals surface area contributed by atoms with Gasteiger partial charge in [0.25, 0.3) is 0 Å². The lowest BCUT2D eigenvalue weighted by molar-refractivity contribution is -0.140. The Bertz CT molecular complexity index is 1850. The van der Waals surface area contributed by atoms with Crippen LogP contribution >= 0.6 is 0 Å². The third-order valence-electron chi connectivity index (χ3n) is 11.0. The second kappa shape index (κ2) is 9.09. The van der Waals surface area contributed by atoms with E-state index in [1.165, 1.54) is 0 Å². The van der Waals surface area contributed by atoms with E-state index in [4.69, 9.17) is 0 Å². The second-order valence-corrected chi connectivity index (χ2v) is 13.4. The van der Waals surface area contributed by atoms with Gasteiger partial charge < -0.3 is 0 Å². The summed E-state index contributed by atoms with van der Waals surface area (Å²) in [7, 11) is 0. The van der Waals surface area contributed by atoms with Crippen molar-refractivity contribution in [1.82, 2.24) is 0 Å². The van der Waals surface area contributed by atoms with Crippen molar-refractivity contribution in [2.24, 2.45) is 23.7 Å². The Balaban J connectivity index is 1.36. The summed E-state index contributed by atoms with van der Waals surface area (Å²) in [5.41, 5.74) is 8.89. The minimum absolute atomic E-state index is 0.0239. The normalized spacial score (nSPS) is 31.8. The summed E-state index contributed by atoms with van der Waals surface area (Å²) in [6.07, 6.45) is 12.5. The maximum absolute atomic E-state index is 13.7. The molecule has 8 rings (SSSR count). The number of carbonyl (C=O) groups excluding carboxylic acids is 6. The average Bonchev–Trinajstić information content (AvgIpc) is 3.27. The van der Waals surface area contributed by atoms with E-state index in [1.807, 2.05) is 31.2 Å². The van der Waals surface area contributed by atoms with Crippen LogP contribution < -0.4 is 0 Å². The summed E-state index contributed by atoms with van der Waals surface area (Å²) in [5, 5.41) is 0. The van der Waals surface area contributed by atoms with Gasteiger partial charge in [-0.3, -0.25) is 28.8 Å². The van der Waals surface area contributed by atoms with Crippen molar-refractivity contribution in [2.75, 3.05) is 0 Å². The minimum atomic E-state index is -0.823. The number of hydrogen-bond acceptors (Lipinski definition) is 6. The third-order valence-corrected chi connectivity index (χ3v) is 11.0. The van der Waals surface area contributed by atoms with Gasteiger partial charge in [-0.2, -0.15) is 0 Å². The molecule has 0 radical (unpaired) electrons. The second-order valence-electron chi connectivity index (χ2n) is 13.4. The highest BCUT2D eigenvalue weighted by molar-refractivity contribution is 6.50. The van der Waals surface area contributed by atoms with Crippen molar-refractivity contribution in [3.05, 3.63) is 104 Å². The first-order valence-corrected chi connectivity index (χ1v) is 15.2. The molecule has 0 heterocycles. The highest BCUT2D eigenvalue weighted by Crippen LogP contribution is 2.49.